The molecule has 1 amide bonds. The van der Waals surface area contributed by atoms with Crippen molar-refractivity contribution in [3.63, 3.8) is 0 Å². The maximum absolute atomic E-state index is 12.2. The maximum Gasteiger partial charge on any atom is 0.257 e. The maximum atomic E-state index is 12.2. The van der Waals surface area contributed by atoms with Crippen LogP contribution in [0.15, 0.2) is 30.9 Å². The molecule has 0 atom stereocenters. The van der Waals surface area contributed by atoms with Crippen molar-refractivity contribution in [1.82, 2.24) is 4.90 Å². The monoisotopic (exact) mass is 232 g/mol. The molecular weight excluding hydrogens is 216 g/mol. The highest BCUT2D eigenvalue weighted by molar-refractivity contribution is 5.98. The van der Waals surface area contributed by atoms with E-state index >= 15 is 0 Å². The number of rotatable bonds is 3. The van der Waals surface area contributed by atoms with Crippen LogP contribution in [0.1, 0.15) is 10.4 Å². The van der Waals surface area contributed by atoms with Gasteiger partial charge in [0, 0.05) is 20.1 Å². The lowest BCUT2D eigenvalue weighted by Crippen LogP contribution is -2.28. The van der Waals surface area contributed by atoms with Crippen molar-refractivity contribution in [1.29, 1.82) is 0 Å². The van der Waals surface area contributed by atoms with E-state index in [1.807, 2.05) is 12.1 Å². The molecule has 0 bridgehead atoms. The van der Waals surface area contributed by atoms with Crippen LogP contribution in [0.3, 0.4) is 0 Å². The van der Waals surface area contributed by atoms with Gasteiger partial charge < -0.3 is 15.0 Å². The van der Waals surface area contributed by atoms with Gasteiger partial charge in [-0.05, 0) is 12.1 Å². The molecule has 0 saturated heterocycles. The van der Waals surface area contributed by atoms with E-state index in [2.05, 4.69) is 11.9 Å². The van der Waals surface area contributed by atoms with Crippen LogP contribution < -0.4 is 10.1 Å². The SMILES string of the molecule is C=CCN(C)C(=O)c1cccc2c1OCCN2. The van der Waals surface area contributed by atoms with Crippen LogP contribution in [0.25, 0.3) is 0 Å². The lowest BCUT2D eigenvalue weighted by atomic mass is 10.1. The Morgan fingerprint density at radius 3 is 3.24 bits per heavy atom. The van der Waals surface area contributed by atoms with E-state index in [0.717, 1.165) is 12.2 Å². The van der Waals surface area contributed by atoms with E-state index in [4.69, 9.17) is 4.74 Å². The van der Waals surface area contributed by atoms with Crippen molar-refractivity contribution in [2.45, 2.75) is 0 Å². The van der Waals surface area contributed by atoms with Gasteiger partial charge in [0.2, 0.25) is 0 Å². The van der Waals surface area contributed by atoms with Crippen LogP contribution in [0, 0.1) is 0 Å². The summed E-state index contributed by atoms with van der Waals surface area (Å²) in [5.41, 5.74) is 1.48. The summed E-state index contributed by atoms with van der Waals surface area (Å²) in [6, 6.07) is 5.56. The number of nitrogens with one attached hydrogen (secondary N) is 1. The van der Waals surface area contributed by atoms with Crippen molar-refractivity contribution >= 4 is 11.6 Å². The third-order valence-corrected chi connectivity index (χ3v) is 2.66. The number of fused-ring (bicyclic) bond motifs is 1. The molecule has 1 aliphatic heterocycles. The number of hydrogen-bond donors (Lipinski definition) is 1. The Morgan fingerprint density at radius 2 is 2.47 bits per heavy atom. The molecule has 90 valence electrons. The molecule has 1 heterocycles. The van der Waals surface area contributed by atoms with Gasteiger partial charge in [-0.25, -0.2) is 0 Å². The predicted octanol–water partition coefficient (Wildman–Crippen LogP) is 1.75. The quantitative estimate of drug-likeness (QED) is 0.807. The Labute approximate surface area is 101 Å². The van der Waals surface area contributed by atoms with E-state index < -0.39 is 0 Å². The van der Waals surface area contributed by atoms with Crippen molar-refractivity contribution in [2.75, 3.05) is 32.1 Å². The third kappa shape index (κ3) is 2.25. The number of nitrogens with zero attached hydrogens (tertiary/aromatic N) is 1. The fraction of sp³-hybridized carbons (Fsp3) is 0.308. The zero-order chi connectivity index (χ0) is 12.3. The fourth-order valence-electron chi connectivity index (χ4n) is 1.82. The highest BCUT2D eigenvalue weighted by atomic mass is 16.5. The molecule has 0 aromatic heterocycles. The summed E-state index contributed by atoms with van der Waals surface area (Å²) in [6.07, 6.45) is 1.70. The molecule has 0 radical (unpaired) electrons. The smallest absolute Gasteiger partial charge is 0.257 e. The Morgan fingerprint density at radius 1 is 1.65 bits per heavy atom. The van der Waals surface area contributed by atoms with Gasteiger partial charge in [-0.3, -0.25) is 4.79 Å². The standard InChI is InChI=1S/C13H16N2O2/c1-3-8-15(2)13(16)10-5-4-6-11-12(10)17-9-7-14-11/h3-6,14H,1,7-9H2,2H3. The average molecular weight is 232 g/mol. The number of carbonyl (C=O) groups excluding carboxylic acids is 1. The first-order valence-electron chi connectivity index (χ1n) is 5.60. The molecule has 0 fully saturated rings. The molecule has 1 aromatic carbocycles. The number of para-hydroxylation sites is 1. The summed E-state index contributed by atoms with van der Waals surface area (Å²) in [5, 5.41) is 3.21. The first kappa shape index (κ1) is 11.5. The summed E-state index contributed by atoms with van der Waals surface area (Å²) in [7, 11) is 1.75. The predicted molar refractivity (Wildman–Crippen MR) is 67.6 cm³/mol. The van der Waals surface area contributed by atoms with Gasteiger partial charge in [0.05, 0.1) is 11.3 Å². The van der Waals surface area contributed by atoms with Gasteiger partial charge in [-0.2, -0.15) is 0 Å². The first-order chi connectivity index (χ1) is 8.24. The molecule has 0 saturated carbocycles. The Bertz CT molecular complexity index is 443. The van der Waals surface area contributed by atoms with Crippen molar-refractivity contribution in [3.05, 3.63) is 36.4 Å². The second kappa shape index (κ2) is 4.91. The van der Waals surface area contributed by atoms with Gasteiger partial charge in [0.15, 0.2) is 5.75 Å². The molecule has 1 aromatic rings. The van der Waals surface area contributed by atoms with E-state index in [-0.39, 0.29) is 5.91 Å². The van der Waals surface area contributed by atoms with Crippen LogP contribution in [-0.4, -0.2) is 37.6 Å². The van der Waals surface area contributed by atoms with Crippen LogP contribution in [0.4, 0.5) is 5.69 Å². The summed E-state index contributed by atoms with van der Waals surface area (Å²) < 4.78 is 5.57. The zero-order valence-electron chi connectivity index (χ0n) is 9.90. The minimum atomic E-state index is -0.0505. The Kier molecular flexibility index (Phi) is 3.32. The average Bonchev–Trinajstić information content (AvgIpc) is 2.37. The first-order valence-corrected chi connectivity index (χ1v) is 5.60. The number of anilines is 1. The lowest BCUT2D eigenvalue weighted by molar-refractivity contribution is 0.0806. The highest BCUT2D eigenvalue weighted by Gasteiger charge is 2.20. The molecule has 1 N–H and O–H groups in total. The molecule has 1 aliphatic rings. The number of hydrogen-bond acceptors (Lipinski definition) is 3. The van der Waals surface area contributed by atoms with E-state index in [1.165, 1.54) is 0 Å². The van der Waals surface area contributed by atoms with E-state index in [1.54, 1.807) is 24.1 Å². The lowest BCUT2D eigenvalue weighted by Gasteiger charge is -2.23. The number of ether oxygens (including phenoxy) is 1. The van der Waals surface area contributed by atoms with Gasteiger partial charge >= 0.3 is 0 Å². The van der Waals surface area contributed by atoms with E-state index in [0.29, 0.717) is 24.5 Å². The molecule has 2 rings (SSSR count). The highest BCUT2D eigenvalue weighted by Crippen LogP contribution is 2.31. The van der Waals surface area contributed by atoms with Crippen molar-refractivity contribution in [2.24, 2.45) is 0 Å². The Hall–Kier alpha value is -1.97. The number of benzene rings is 1. The summed E-state index contributed by atoms with van der Waals surface area (Å²) in [5.74, 6) is 0.602. The second-order valence-corrected chi connectivity index (χ2v) is 3.93. The minimum absolute atomic E-state index is 0.0505. The van der Waals surface area contributed by atoms with Gasteiger partial charge in [0.1, 0.15) is 6.61 Å². The van der Waals surface area contributed by atoms with Gasteiger partial charge in [-0.1, -0.05) is 12.1 Å². The molecule has 4 nitrogen and oxygen atoms in total. The topological polar surface area (TPSA) is 41.6 Å². The van der Waals surface area contributed by atoms with Crippen molar-refractivity contribution in [3.8, 4) is 5.75 Å². The molecule has 0 unspecified atom stereocenters. The van der Waals surface area contributed by atoms with Crippen LogP contribution in [-0.2, 0) is 0 Å². The number of carbonyl (C=O) groups is 1. The zero-order valence-corrected chi connectivity index (χ0v) is 9.90. The van der Waals surface area contributed by atoms with Crippen molar-refractivity contribution < 1.29 is 9.53 Å². The van der Waals surface area contributed by atoms with E-state index in [9.17, 15) is 4.79 Å². The number of likely N-dealkylation sites (N-methyl/N-ethyl adjacent to an activating group) is 1. The Balaban J connectivity index is 2.32. The van der Waals surface area contributed by atoms with Crippen LogP contribution in [0.2, 0.25) is 0 Å². The third-order valence-electron chi connectivity index (χ3n) is 2.66. The molecular formula is C13H16N2O2. The van der Waals surface area contributed by atoms with Crippen LogP contribution in [0.5, 0.6) is 5.75 Å². The molecule has 4 heteroatoms. The normalized spacial score (nSPS) is 13.0. The van der Waals surface area contributed by atoms with Gasteiger partial charge in [-0.15, -0.1) is 6.58 Å². The summed E-state index contributed by atoms with van der Waals surface area (Å²) in [4.78, 5) is 13.8. The number of amides is 1. The summed E-state index contributed by atoms with van der Waals surface area (Å²) >= 11 is 0. The molecule has 0 spiro atoms. The molecule has 17 heavy (non-hydrogen) atoms. The van der Waals surface area contributed by atoms with Crippen LogP contribution >= 0.6 is 0 Å². The summed E-state index contributed by atoms with van der Waals surface area (Å²) in [6.45, 7) is 5.51. The van der Waals surface area contributed by atoms with Gasteiger partial charge in [0.25, 0.3) is 5.91 Å². The largest absolute Gasteiger partial charge is 0.489 e. The fourth-order valence-corrected chi connectivity index (χ4v) is 1.82. The second-order valence-electron chi connectivity index (χ2n) is 3.93. The molecule has 0 aliphatic carbocycles. The minimum Gasteiger partial charge on any atom is -0.489 e.